The van der Waals surface area contributed by atoms with Crippen molar-refractivity contribution in [1.29, 1.82) is 0 Å². The predicted molar refractivity (Wildman–Crippen MR) is 231 cm³/mol. The molecule has 0 saturated heterocycles. The lowest BCUT2D eigenvalue weighted by molar-refractivity contribution is 0.234. The molecule has 0 amide bonds. The molecule has 3 heteroatoms. The van der Waals surface area contributed by atoms with Gasteiger partial charge in [0.1, 0.15) is 0 Å². The molecule has 1 rings (SSSR count). The summed E-state index contributed by atoms with van der Waals surface area (Å²) in [5, 5.41) is 0. The number of aryl methyl sites for hydroxylation is 1. The van der Waals surface area contributed by atoms with E-state index in [9.17, 15) is 0 Å². The Morgan fingerprint density at radius 3 is 0.904 bits per heavy atom. The first-order valence-electron chi connectivity index (χ1n) is 23.6. The summed E-state index contributed by atoms with van der Waals surface area (Å²) in [4.78, 5) is 0. The van der Waals surface area contributed by atoms with Crippen molar-refractivity contribution in [2.24, 2.45) is 0 Å². The lowest BCUT2D eigenvalue weighted by Crippen LogP contribution is -2.07. The molecule has 0 fully saturated rings. The van der Waals surface area contributed by atoms with Crippen LogP contribution < -0.4 is 14.2 Å². The number of ether oxygens (including phenoxy) is 3. The van der Waals surface area contributed by atoms with Gasteiger partial charge in [-0.2, -0.15) is 0 Å². The topological polar surface area (TPSA) is 27.7 Å². The van der Waals surface area contributed by atoms with Gasteiger partial charge in [-0.15, -0.1) is 0 Å². The first-order valence-corrected chi connectivity index (χ1v) is 23.6. The summed E-state index contributed by atoms with van der Waals surface area (Å²) in [6.07, 6.45) is 47.4. The molecule has 305 valence electrons. The van der Waals surface area contributed by atoms with Crippen molar-refractivity contribution >= 4 is 0 Å². The van der Waals surface area contributed by atoms with Crippen LogP contribution in [0.15, 0.2) is 12.1 Å². The highest BCUT2D eigenvalue weighted by Gasteiger charge is 2.16. The van der Waals surface area contributed by atoms with Gasteiger partial charge >= 0.3 is 0 Å². The molecule has 0 aliphatic carbocycles. The minimum atomic E-state index is 0.735. The highest BCUT2D eigenvalue weighted by atomic mass is 16.5. The van der Waals surface area contributed by atoms with Crippen molar-refractivity contribution in [2.75, 3.05) is 19.8 Å². The van der Waals surface area contributed by atoms with Gasteiger partial charge < -0.3 is 14.2 Å². The van der Waals surface area contributed by atoms with E-state index in [-0.39, 0.29) is 0 Å². The fourth-order valence-electron chi connectivity index (χ4n) is 7.30. The van der Waals surface area contributed by atoms with Gasteiger partial charge in [-0.25, -0.2) is 0 Å². The van der Waals surface area contributed by atoms with Crippen molar-refractivity contribution in [3.05, 3.63) is 24.6 Å². The van der Waals surface area contributed by atoms with Gasteiger partial charge in [-0.05, 0) is 49.8 Å². The molecule has 3 nitrogen and oxygen atoms in total. The second kappa shape index (κ2) is 39.3. The van der Waals surface area contributed by atoms with E-state index >= 15 is 0 Å². The first-order chi connectivity index (χ1) is 25.8. The lowest BCUT2D eigenvalue weighted by Gasteiger charge is -2.19. The molecule has 1 aromatic rings. The molecule has 0 aromatic heterocycles. The van der Waals surface area contributed by atoms with E-state index in [1.165, 1.54) is 198 Å². The Morgan fingerprint density at radius 1 is 0.346 bits per heavy atom. The van der Waals surface area contributed by atoms with Crippen LogP contribution in [0.4, 0.5) is 0 Å². The first kappa shape index (κ1) is 48.6. The standard InChI is InChI=1S/C49H91O3/c1-5-9-13-16-19-22-25-28-31-34-37-41-50-47-44-46(40-12-8-4)45-48(51-42-38-35-32-29-26-23-20-17-14-10-6-2)49(47)52-43-39-36-33-30-27-24-21-18-15-11-7-3/h44-45H,4-43H2,1-3H3. The van der Waals surface area contributed by atoms with Crippen LogP contribution in [-0.2, 0) is 6.42 Å². The summed E-state index contributed by atoms with van der Waals surface area (Å²) in [6, 6.07) is 4.47. The van der Waals surface area contributed by atoms with Crippen LogP contribution in [0.3, 0.4) is 0 Å². The molecule has 0 atom stereocenters. The molecule has 0 spiro atoms. The molecule has 0 heterocycles. The normalized spacial score (nSPS) is 11.4. The molecular weight excluding hydrogens is 637 g/mol. The lowest BCUT2D eigenvalue weighted by atomic mass is 10.1. The van der Waals surface area contributed by atoms with Gasteiger partial charge in [-0.1, -0.05) is 227 Å². The van der Waals surface area contributed by atoms with E-state index in [2.05, 4.69) is 39.8 Å². The van der Waals surface area contributed by atoms with Crippen molar-refractivity contribution in [3.8, 4) is 17.2 Å². The van der Waals surface area contributed by atoms with E-state index in [0.717, 1.165) is 75.6 Å². The van der Waals surface area contributed by atoms with Crippen LogP contribution in [0.2, 0.25) is 0 Å². The number of benzene rings is 1. The smallest absolute Gasteiger partial charge is 0.203 e. The van der Waals surface area contributed by atoms with Crippen LogP contribution in [0.1, 0.15) is 251 Å². The molecule has 0 aliphatic rings. The van der Waals surface area contributed by atoms with Crippen molar-refractivity contribution in [1.82, 2.24) is 0 Å². The highest BCUT2D eigenvalue weighted by molar-refractivity contribution is 5.54. The summed E-state index contributed by atoms with van der Waals surface area (Å²) >= 11 is 0. The number of unbranched alkanes of at least 4 members (excludes halogenated alkanes) is 31. The van der Waals surface area contributed by atoms with Crippen LogP contribution in [0, 0.1) is 6.92 Å². The average Bonchev–Trinajstić information content (AvgIpc) is 3.15. The summed E-state index contributed by atoms with van der Waals surface area (Å²) in [7, 11) is 0. The third-order valence-electron chi connectivity index (χ3n) is 10.8. The third-order valence-corrected chi connectivity index (χ3v) is 10.8. The Morgan fingerprint density at radius 2 is 0.615 bits per heavy atom. The maximum absolute atomic E-state index is 6.56. The Hall–Kier alpha value is -1.38. The van der Waals surface area contributed by atoms with Crippen molar-refractivity contribution in [2.45, 2.75) is 252 Å². The van der Waals surface area contributed by atoms with Gasteiger partial charge in [0.15, 0.2) is 11.5 Å². The number of hydrogen-bond acceptors (Lipinski definition) is 3. The SMILES string of the molecule is [CH2]CCCc1cc(OCCCCCCCCCCCCC)c(OCCCCCCCCCCCCC)c(OCCCCCCCCCCCCC)c1. The quantitative estimate of drug-likeness (QED) is 0.0628. The maximum Gasteiger partial charge on any atom is 0.203 e. The summed E-state index contributed by atoms with van der Waals surface area (Å²) in [5.74, 6) is 2.63. The number of hydrogen-bond donors (Lipinski definition) is 0. The summed E-state index contributed by atoms with van der Waals surface area (Å²) < 4.78 is 19.6. The molecule has 1 radical (unpaired) electrons. The van der Waals surface area contributed by atoms with E-state index < -0.39 is 0 Å². The Balaban J connectivity index is 2.61. The fourth-order valence-corrected chi connectivity index (χ4v) is 7.30. The molecule has 1 aromatic carbocycles. The van der Waals surface area contributed by atoms with Crippen LogP contribution in [-0.4, -0.2) is 19.8 Å². The molecule has 52 heavy (non-hydrogen) atoms. The monoisotopic (exact) mass is 728 g/mol. The fraction of sp³-hybridized carbons (Fsp3) is 0.857. The van der Waals surface area contributed by atoms with Gasteiger partial charge in [0.05, 0.1) is 19.8 Å². The molecule has 0 N–H and O–H groups in total. The van der Waals surface area contributed by atoms with E-state index in [4.69, 9.17) is 14.2 Å². The summed E-state index contributed by atoms with van der Waals surface area (Å²) in [6.45, 7) is 13.2. The Kier molecular flexibility index (Phi) is 36.8. The Labute approximate surface area is 326 Å². The van der Waals surface area contributed by atoms with Gasteiger partial charge in [-0.3, -0.25) is 0 Å². The van der Waals surface area contributed by atoms with Crippen LogP contribution in [0.25, 0.3) is 0 Å². The van der Waals surface area contributed by atoms with E-state index in [1.807, 2.05) is 0 Å². The molecule has 0 unspecified atom stereocenters. The zero-order valence-corrected chi connectivity index (χ0v) is 35.7. The van der Waals surface area contributed by atoms with Gasteiger partial charge in [0.25, 0.3) is 0 Å². The zero-order valence-electron chi connectivity index (χ0n) is 35.7. The van der Waals surface area contributed by atoms with Crippen LogP contribution in [0.5, 0.6) is 17.2 Å². The second-order valence-electron chi connectivity index (χ2n) is 16.0. The van der Waals surface area contributed by atoms with Crippen molar-refractivity contribution < 1.29 is 14.2 Å². The third kappa shape index (κ3) is 30.0. The zero-order chi connectivity index (χ0) is 37.4. The molecule has 0 aliphatic heterocycles. The average molecular weight is 728 g/mol. The Bertz CT molecular complexity index is 802. The highest BCUT2D eigenvalue weighted by Crippen LogP contribution is 2.40. The van der Waals surface area contributed by atoms with Gasteiger partial charge in [0.2, 0.25) is 5.75 Å². The summed E-state index contributed by atoms with van der Waals surface area (Å²) in [5.41, 5.74) is 1.29. The second-order valence-corrected chi connectivity index (χ2v) is 16.0. The number of rotatable bonds is 42. The maximum atomic E-state index is 6.56. The predicted octanol–water partition coefficient (Wildman–Crippen LogP) is 16.9. The van der Waals surface area contributed by atoms with E-state index in [1.54, 1.807) is 0 Å². The minimum absolute atomic E-state index is 0.735. The molecule has 0 bridgehead atoms. The molecular formula is C49H91O3. The largest absolute Gasteiger partial charge is 0.490 e. The van der Waals surface area contributed by atoms with Crippen LogP contribution >= 0.6 is 0 Å². The van der Waals surface area contributed by atoms with Gasteiger partial charge in [0, 0.05) is 0 Å². The molecule has 0 saturated carbocycles. The minimum Gasteiger partial charge on any atom is -0.490 e. The van der Waals surface area contributed by atoms with E-state index in [0.29, 0.717) is 0 Å². The van der Waals surface area contributed by atoms with Crippen molar-refractivity contribution in [3.63, 3.8) is 0 Å².